The molecule has 1 heterocycles. The number of nitrogens with one attached hydrogen (secondary N) is 1. The minimum absolute atomic E-state index is 0.216. The van der Waals surface area contributed by atoms with Gasteiger partial charge >= 0.3 is 6.09 Å². The second-order valence-electron chi connectivity index (χ2n) is 6.27. The van der Waals surface area contributed by atoms with E-state index in [2.05, 4.69) is 12.2 Å². The molecule has 1 aliphatic heterocycles. The highest BCUT2D eigenvalue weighted by Crippen LogP contribution is 2.22. The SMILES string of the molecule is CC(C1CCCNCC1)N(C)C(=O)OC(C)(C)C. The average molecular weight is 256 g/mol. The molecular weight excluding hydrogens is 228 g/mol. The Hall–Kier alpha value is -0.770. The number of carbonyl (C=O) groups is 1. The average Bonchev–Trinajstić information content (AvgIpc) is 2.53. The molecule has 0 saturated carbocycles. The van der Waals surface area contributed by atoms with Crippen molar-refractivity contribution in [2.75, 3.05) is 20.1 Å². The summed E-state index contributed by atoms with van der Waals surface area (Å²) >= 11 is 0. The topological polar surface area (TPSA) is 41.6 Å². The highest BCUT2D eigenvalue weighted by molar-refractivity contribution is 5.68. The van der Waals surface area contributed by atoms with Gasteiger partial charge in [-0.15, -0.1) is 0 Å². The van der Waals surface area contributed by atoms with E-state index in [1.807, 2.05) is 27.8 Å². The van der Waals surface area contributed by atoms with E-state index in [1.165, 1.54) is 12.8 Å². The third-order valence-corrected chi connectivity index (χ3v) is 3.59. The number of hydrogen-bond donors (Lipinski definition) is 1. The molecule has 106 valence electrons. The van der Waals surface area contributed by atoms with Crippen LogP contribution >= 0.6 is 0 Å². The van der Waals surface area contributed by atoms with Crippen LogP contribution in [0.2, 0.25) is 0 Å². The summed E-state index contributed by atoms with van der Waals surface area (Å²) < 4.78 is 5.41. The number of amides is 1. The Morgan fingerprint density at radius 1 is 1.33 bits per heavy atom. The fraction of sp³-hybridized carbons (Fsp3) is 0.929. The zero-order chi connectivity index (χ0) is 13.8. The maximum Gasteiger partial charge on any atom is 0.410 e. The first-order valence-corrected chi connectivity index (χ1v) is 6.98. The second-order valence-corrected chi connectivity index (χ2v) is 6.27. The third-order valence-electron chi connectivity index (χ3n) is 3.59. The van der Waals surface area contributed by atoms with E-state index in [9.17, 15) is 4.79 Å². The van der Waals surface area contributed by atoms with E-state index in [0.717, 1.165) is 19.5 Å². The molecule has 0 aromatic carbocycles. The highest BCUT2D eigenvalue weighted by atomic mass is 16.6. The van der Waals surface area contributed by atoms with Crippen molar-refractivity contribution in [2.24, 2.45) is 5.92 Å². The first kappa shape index (κ1) is 15.3. The molecule has 1 fully saturated rings. The maximum atomic E-state index is 12.0. The van der Waals surface area contributed by atoms with E-state index in [0.29, 0.717) is 5.92 Å². The lowest BCUT2D eigenvalue weighted by atomic mass is 9.92. The molecule has 1 amide bonds. The number of carbonyl (C=O) groups excluding carboxylic acids is 1. The lowest BCUT2D eigenvalue weighted by Crippen LogP contribution is -2.43. The van der Waals surface area contributed by atoms with Gasteiger partial charge in [0.15, 0.2) is 0 Å². The number of nitrogens with zero attached hydrogens (tertiary/aromatic N) is 1. The summed E-state index contributed by atoms with van der Waals surface area (Å²) in [6, 6.07) is 0.236. The molecule has 1 N–H and O–H groups in total. The molecule has 0 aromatic heterocycles. The van der Waals surface area contributed by atoms with Gasteiger partial charge in [0.25, 0.3) is 0 Å². The largest absolute Gasteiger partial charge is 0.444 e. The van der Waals surface area contributed by atoms with Crippen molar-refractivity contribution >= 4 is 6.09 Å². The molecule has 0 spiro atoms. The van der Waals surface area contributed by atoms with Crippen LogP contribution in [0.5, 0.6) is 0 Å². The lowest BCUT2D eigenvalue weighted by molar-refractivity contribution is 0.0177. The van der Waals surface area contributed by atoms with Gasteiger partial charge in [0.05, 0.1) is 0 Å². The molecule has 0 bridgehead atoms. The fourth-order valence-electron chi connectivity index (χ4n) is 2.34. The Labute approximate surface area is 111 Å². The Kier molecular flexibility index (Phi) is 5.45. The zero-order valence-corrected chi connectivity index (χ0v) is 12.5. The summed E-state index contributed by atoms with van der Waals surface area (Å²) in [5.74, 6) is 0.567. The van der Waals surface area contributed by atoms with Gasteiger partial charge in [0, 0.05) is 13.1 Å². The molecule has 1 saturated heterocycles. The summed E-state index contributed by atoms with van der Waals surface area (Å²) in [4.78, 5) is 13.8. The molecular formula is C14H28N2O2. The van der Waals surface area contributed by atoms with E-state index >= 15 is 0 Å². The van der Waals surface area contributed by atoms with Crippen molar-refractivity contribution in [1.29, 1.82) is 0 Å². The number of rotatable bonds is 2. The molecule has 1 aliphatic rings. The number of ether oxygens (including phenoxy) is 1. The molecule has 4 nitrogen and oxygen atoms in total. The van der Waals surface area contributed by atoms with Gasteiger partial charge in [-0.3, -0.25) is 0 Å². The van der Waals surface area contributed by atoms with Crippen LogP contribution in [-0.2, 0) is 4.74 Å². The molecule has 0 aromatic rings. The van der Waals surface area contributed by atoms with Crippen LogP contribution in [-0.4, -0.2) is 42.8 Å². The minimum atomic E-state index is -0.421. The Morgan fingerprint density at radius 2 is 2.00 bits per heavy atom. The second kappa shape index (κ2) is 6.41. The summed E-state index contributed by atoms with van der Waals surface area (Å²) in [7, 11) is 1.84. The quantitative estimate of drug-likeness (QED) is 0.826. The summed E-state index contributed by atoms with van der Waals surface area (Å²) in [5.41, 5.74) is -0.421. The molecule has 2 atom stereocenters. The third kappa shape index (κ3) is 4.84. The van der Waals surface area contributed by atoms with Gasteiger partial charge < -0.3 is 15.0 Å². The van der Waals surface area contributed by atoms with E-state index in [1.54, 1.807) is 4.90 Å². The predicted molar refractivity (Wildman–Crippen MR) is 73.7 cm³/mol. The van der Waals surface area contributed by atoms with Crippen LogP contribution in [0.3, 0.4) is 0 Å². The van der Waals surface area contributed by atoms with Gasteiger partial charge in [0.2, 0.25) is 0 Å². The Balaban J connectivity index is 2.53. The molecule has 1 rings (SSSR count). The fourth-order valence-corrected chi connectivity index (χ4v) is 2.34. The van der Waals surface area contributed by atoms with Crippen molar-refractivity contribution in [1.82, 2.24) is 10.2 Å². The highest BCUT2D eigenvalue weighted by Gasteiger charge is 2.28. The van der Waals surface area contributed by atoms with E-state index < -0.39 is 5.60 Å². The monoisotopic (exact) mass is 256 g/mol. The molecule has 0 aliphatic carbocycles. The van der Waals surface area contributed by atoms with Crippen LogP contribution in [0, 0.1) is 5.92 Å². The van der Waals surface area contributed by atoms with Crippen molar-refractivity contribution in [3.63, 3.8) is 0 Å². The van der Waals surface area contributed by atoms with E-state index in [-0.39, 0.29) is 12.1 Å². The van der Waals surface area contributed by atoms with Crippen molar-refractivity contribution in [2.45, 2.75) is 58.6 Å². The van der Waals surface area contributed by atoms with Gasteiger partial charge in [-0.25, -0.2) is 4.79 Å². The van der Waals surface area contributed by atoms with Gasteiger partial charge in [-0.05, 0) is 66.0 Å². The molecule has 2 unspecified atom stereocenters. The standard InChI is InChI=1S/C14H28N2O2/c1-11(12-7-6-9-15-10-8-12)16(5)13(17)18-14(2,3)4/h11-12,15H,6-10H2,1-5H3. The van der Waals surface area contributed by atoms with Crippen LogP contribution < -0.4 is 5.32 Å². The van der Waals surface area contributed by atoms with Gasteiger partial charge in [0.1, 0.15) is 5.60 Å². The van der Waals surface area contributed by atoms with Crippen LogP contribution in [0.4, 0.5) is 4.79 Å². The first-order chi connectivity index (χ1) is 8.31. The van der Waals surface area contributed by atoms with Crippen LogP contribution in [0.1, 0.15) is 47.0 Å². The molecule has 0 radical (unpaired) electrons. The number of hydrogen-bond acceptors (Lipinski definition) is 3. The first-order valence-electron chi connectivity index (χ1n) is 6.98. The maximum absolute atomic E-state index is 12.0. The van der Waals surface area contributed by atoms with Crippen LogP contribution in [0.25, 0.3) is 0 Å². The normalized spacial score (nSPS) is 23.1. The smallest absolute Gasteiger partial charge is 0.410 e. The van der Waals surface area contributed by atoms with Crippen molar-refractivity contribution < 1.29 is 9.53 Å². The van der Waals surface area contributed by atoms with Crippen molar-refractivity contribution in [3.8, 4) is 0 Å². The zero-order valence-electron chi connectivity index (χ0n) is 12.5. The predicted octanol–water partition coefficient (Wildman–Crippen LogP) is 2.63. The van der Waals surface area contributed by atoms with Gasteiger partial charge in [-0.2, -0.15) is 0 Å². The minimum Gasteiger partial charge on any atom is -0.444 e. The lowest BCUT2D eigenvalue weighted by Gasteiger charge is -2.33. The Morgan fingerprint density at radius 3 is 2.61 bits per heavy atom. The summed E-state index contributed by atoms with van der Waals surface area (Å²) in [6.07, 6.45) is 3.29. The van der Waals surface area contributed by atoms with Crippen molar-refractivity contribution in [3.05, 3.63) is 0 Å². The molecule has 18 heavy (non-hydrogen) atoms. The molecule has 4 heteroatoms. The van der Waals surface area contributed by atoms with E-state index in [4.69, 9.17) is 4.74 Å². The van der Waals surface area contributed by atoms with Crippen LogP contribution in [0.15, 0.2) is 0 Å². The summed E-state index contributed by atoms with van der Waals surface area (Å²) in [5, 5.41) is 3.40. The van der Waals surface area contributed by atoms with Gasteiger partial charge in [-0.1, -0.05) is 0 Å². The summed E-state index contributed by atoms with van der Waals surface area (Å²) in [6.45, 7) is 9.98. The Bertz CT molecular complexity index is 265.